The topological polar surface area (TPSA) is 66.4 Å². The van der Waals surface area contributed by atoms with Gasteiger partial charge in [-0.3, -0.25) is 0 Å². The lowest BCUT2D eigenvalue weighted by Gasteiger charge is -2.27. The fraction of sp³-hybridized carbons (Fsp3) is 0.600. The van der Waals surface area contributed by atoms with Crippen molar-refractivity contribution >= 4 is 10.0 Å². The van der Waals surface area contributed by atoms with Crippen molar-refractivity contribution in [3.05, 3.63) is 24.3 Å². The summed E-state index contributed by atoms with van der Waals surface area (Å²) >= 11 is 0. The van der Waals surface area contributed by atoms with Crippen molar-refractivity contribution in [2.75, 3.05) is 6.54 Å². The molecule has 2 N–H and O–H groups in total. The van der Waals surface area contributed by atoms with Gasteiger partial charge in [0.2, 0.25) is 10.0 Å². The van der Waals surface area contributed by atoms with Gasteiger partial charge < -0.3 is 5.11 Å². The lowest BCUT2D eigenvalue weighted by Crippen LogP contribution is -2.31. The van der Waals surface area contributed by atoms with Crippen LogP contribution < -0.4 is 4.72 Å². The van der Waals surface area contributed by atoms with E-state index in [0.717, 1.165) is 18.8 Å². The van der Waals surface area contributed by atoms with E-state index in [0.29, 0.717) is 12.5 Å². The number of sulfonamides is 1. The van der Waals surface area contributed by atoms with E-state index in [1.54, 1.807) is 12.1 Å². The molecule has 1 aliphatic rings. The lowest BCUT2D eigenvalue weighted by molar-refractivity contribution is 0.270. The van der Waals surface area contributed by atoms with Gasteiger partial charge in [-0.15, -0.1) is 0 Å². The van der Waals surface area contributed by atoms with Crippen LogP contribution in [0.5, 0.6) is 5.75 Å². The number of phenolic OH excluding ortho intramolecular Hbond substituents is 1. The molecule has 0 bridgehead atoms. The third-order valence-electron chi connectivity index (χ3n) is 4.26. The number of hydrogen-bond acceptors (Lipinski definition) is 3. The second-order valence-corrected chi connectivity index (χ2v) is 7.35. The highest BCUT2D eigenvalue weighted by Crippen LogP contribution is 2.30. The Morgan fingerprint density at radius 1 is 1.15 bits per heavy atom. The number of hydrogen-bond donors (Lipinski definition) is 2. The third-order valence-corrected chi connectivity index (χ3v) is 5.73. The molecular weight excluding hydrogens is 274 g/mol. The van der Waals surface area contributed by atoms with E-state index < -0.39 is 10.0 Å². The van der Waals surface area contributed by atoms with Gasteiger partial charge >= 0.3 is 0 Å². The molecule has 1 aromatic rings. The Kier molecular flexibility index (Phi) is 5.05. The van der Waals surface area contributed by atoms with Crippen LogP contribution in [0.15, 0.2) is 29.2 Å². The summed E-state index contributed by atoms with van der Waals surface area (Å²) in [4.78, 5) is -0.0396. The molecule has 5 heteroatoms. The highest BCUT2D eigenvalue weighted by Gasteiger charge is 2.23. The third kappa shape index (κ3) is 3.73. The van der Waals surface area contributed by atoms with Gasteiger partial charge in [-0.25, -0.2) is 13.1 Å². The SMILES string of the molecule is CCC1CCC(CNS(=O)(=O)c2ccccc2O)CC1. The molecule has 0 amide bonds. The van der Waals surface area contributed by atoms with Gasteiger partial charge in [0.15, 0.2) is 0 Å². The van der Waals surface area contributed by atoms with Gasteiger partial charge in [-0.1, -0.05) is 38.3 Å². The van der Waals surface area contributed by atoms with Crippen molar-refractivity contribution in [1.82, 2.24) is 4.72 Å². The molecule has 1 aliphatic carbocycles. The van der Waals surface area contributed by atoms with Crippen LogP contribution in [0.25, 0.3) is 0 Å². The van der Waals surface area contributed by atoms with Crippen LogP contribution in [0.4, 0.5) is 0 Å². The van der Waals surface area contributed by atoms with Crippen molar-refractivity contribution in [3.8, 4) is 5.75 Å². The van der Waals surface area contributed by atoms with E-state index >= 15 is 0 Å². The molecule has 4 nitrogen and oxygen atoms in total. The van der Waals surface area contributed by atoms with Crippen molar-refractivity contribution in [1.29, 1.82) is 0 Å². The van der Waals surface area contributed by atoms with Gasteiger partial charge in [0.25, 0.3) is 0 Å². The van der Waals surface area contributed by atoms with Crippen LogP contribution >= 0.6 is 0 Å². The second kappa shape index (κ2) is 6.59. The zero-order valence-corrected chi connectivity index (χ0v) is 12.7. The fourth-order valence-corrected chi connectivity index (χ4v) is 4.05. The minimum Gasteiger partial charge on any atom is -0.507 e. The first-order valence-electron chi connectivity index (χ1n) is 7.30. The van der Waals surface area contributed by atoms with Crippen molar-refractivity contribution in [3.63, 3.8) is 0 Å². The summed E-state index contributed by atoms with van der Waals surface area (Å²) < 4.78 is 26.9. The number of aromatic hydroxyl groups is 1. The predicted molar refractivity (Wildman–Crippen MR) is 79.0 cm³/mol. The number of benzene rings is 1. The van der Waals surface area contributed by atoms with E-state index in [2.05, 4.69) is 11.6 Å². The Hall–Kier alpha value is -1.07. The predicted octanol–water partition coefficient (Wildman–Crippen LogP) is 2.89. The molecule has 0 heterocycles. The maximum Gasteiger partial charge on any atom is 0.244 e. The molecule has 0 saturated heterocycles. The molecule has 1 saturated carbocycles. The van der Waals surface area contributed by atoms with Crippen LogP contribution in [0.2, 0.25) is 0 Å². The van der Waals surface area contributed by atoms with E-state index in [1.807, 2.05) is 0 Å². The minimum atomic E-state index is -3.61. The Bertz CT molecular complexity index is 534. The molecule has 1 aromatic carbocycles. The summed E-state index contributed by atoms with van der Waals surface area (Å²) in [7, 11) is -3.61. The number of para-hydroxylation sites is 1. The number of rotatable bonds is 5. The summed E-state index contributed by atoms with van der Waals surface area (Å²) in [6, 6.07) is 6.04. The Labute approximate surface area is 121 Å². The number of phenols is 1. The van der Waals surface area contributed by atoms with Crippen LogP contribution in [0.3, 0.4) is 0 Å². The van der Waals surface area contributed by atoms with E-state index in [4.69, 9.17) is 0 Å². The molecule has 0 aromatic heterocycles. The smallest absolute Gasteiger partial charge is 0.244 e. The average molecular weight is 297 g/mol. The molecule has 0 atom stereocenters. The summed E-state index contributed by atoms with van der Waals surface area (Å²) in [6.45, 7) is 2.68. The lowest BCUT2D eigenvalue weighted by atomic mass is 9.81. The first kappa shape index (κ1) is 15.3. The van der Waals surface area contributed by atoms with Gasteiger partial charge in [-0.05, 0) is 36.8 Å². The summed E-state index contributed by atoms with van der Waals surface area (Å²) in [5.74, 6) is 1.02. The maximum absolute atomic E-state index is 12.1. The van der Waals surface area contributed by atoms with E-state index in [1.165, 1.54) is 31.4 Å². The molecule has 0 aliphatic heterocycles. The first-order valence-corrected chi connectivity index (χ1v) is 8.79. The Morgan fingerprint density at radius 3 is 2.35 bits per heavy atom. The zero-order valence-electron chi connectivity index (χ0n) is 11.9. The fourth-order valence-electron chi connectivity index (χ4n) is 2.83. The van der Waals surface area contributed by atoms with E-state index in [-0.39, 0.29) is 10.6 Å². The van der Waals surface area contributed by atoms with Gasteiger partial charge in [0.1, 0.15) is 10.6 Å². The van der Waals surface area contributed by atoms with E-state index in [9.17, 15) is 13.5 Å². The zero-order chi connectivity index (χ0) is 14.6. The monoisotopic (exact) mass is 297 g/mol. The van der Waals surface area contributed by atoms with Crippen LogP contribution in [-0.2, 0) is 10.0 Å². The highest BCUT2D eigenvalue weighted by atomic mass is 32.2. The minimum absolute atomic E-state index is 0.0396. The Morgan fingerprint density at radius 2 is 1.75 bits per heavy atom. The maximum atomic E-state index is 12.1. The highest BCUT2D eigenvalue weighted by molar-refractivity contribution is 7.89. The van der Waals surface area contributed by atoms with Gasteiger partial charge in [0, 0.05) is 6.54 Å². The summed E-state index contributed by atoms with van der Waals surface area (Å²) in [5.41, 5.74) is 0. The molecule has 112 valence electrons. The van der Waals surface area contributed by atoms with Crippen molar-refractivity contribution < 1.29 is 13.5 Å². The summed E-state index contributed by atoms with van der Waals surface area (Å²) in [6.07, 6.45) is 5.78. The average Bonchev–Trinajstić information content (AvgIpc) is 2.46. The van der Waals surface area contributed by atoms with Gasteiger partial charge in [-0.2, -0.15) is 0 Å². The molecular formula is C15H23NO3S. The first-order chi connectivity index (χ1) is 9.53. The van der Waals surface area contributed by atoms with Crippen molar-refractivity contribution in [2.45, 2.75) is 43.9 Å². The standard InChI is InChI=1S/C15H23NO3S/c1-2-12-7-9-13(10-8-12)11-16-20(18,19)15-6-4-3-5-14(15)17/h3-6,12-13,16-17H,2,7-11H2,1H3. The largest absolute Gasteiger partial charge is 0.507 e. The molecule has 0 unspecified atom stereocenters. The normalized spacial score (nSPS) is 23.6. The van der Waals surface area contributed by atoms with Crippen LogP contribution in [0.1, 0.15) is 39.0 Å². The van der Waals surface area contributed by atoms with Crippen LogP contribution in [0, 0.1) is 11.8 Å². The van der Waals surface area contributed by atoms with Crippen molar-refractivity contribution in [2.24, 2.45) is 11.8 Å². The molecule has 0 radical (unpaired) electrons. The molecule has 2 rings (SSSR count). The van der Waals surface area contributed by atoms with Crippen LogP contribution in [-0.4, -0.2) is 20.1 Å². The number of nitrogens with one attached hydrogen (secondary N) is 1. The van der Waals surface area contributed by atoms with Gasteiger partial charge in [0.05, 0.1) is 0 Å². The molecule has 1 fully saturated rings. The second-order valence-electron chi connectivity index (χ2n) is 5.61. The Balaban J connectivity index is 1.92. The molecule has 20 heavy (non-hydrogen) atoms. The molecule has 0 spiro atoms. The summed E-state index contributed by atoms with van der Waals surface area (Å²) in [5, 5.41) is 9.63. The quantitative estimate of drug-likeness (QED) is 0.878.